The minimum Gasteiger partial charge on any atom is -0.508 e. The van der Waals surface area contributed by atoms with E-state index in [2.05, 4.69) is 39.1 Å². The van der Waals surface area contributed by atoms with E-state index < -0.39 is 13.2 Å². The van der Waals surface area contributed by atoms with E-state index in [-0.39, 0.29) is 17.0 Å². The summed E-state index contributed by atoms with van der Waals surface area (Å²) in [4.78, 5) is 0. The molecular weight excluding hydrogens is 339 g/mol. The summed E-state index contributed by atoms with van der Waals surface area (Å²) in [6.45, 7) is 8.30. The molecule has 6 heteroatoms. The molecule has 0 amide bonds. The zero-order chi connectivity index (χ0) is 19.7. The summed E-state index contributed by atoms with van der Waals surface area (Å²) in [5.41, 5.74) is 1.87. The topological polar surface area (TPSA) is 74.5 Å². The third-order valence-electron chi connectivity index (χ3n) is 5.57. The van der Waals surface area contributed by atoms with E-state index in [1.807, 2.05) is 24.3 Å². The number of hydrogen-bond donors (Lipinski definition) is 2. The summed E-state index contributed by atoms with van der Waals surface area (Å²) >= 11 is 0. The molecule has 1 aliphatic heterocycles. The van der Waals surface area contributed by atoms with Crippen LogP contribution in [0.2, 0.25) is 0 Å². The van der Waals surface area contributed by atoms with E-state index in [4.69, 9.17) is 9.31 Å². The standard InChI is InChI=1S/C21H25BN2O3/c1-5-21(4)20(2,3)26-22(27-21)16-8-10-17(11-9-16)24-19(14-23)15-6-12-18(25)13-7-15/h6-13,19,24-25H,5H2,1-4H3. The van der Waals surface area contributed by atoms with Gasteiger partial charge in [0.15, 0.2) is 0 Å². The number of phenols is 1. The largest absolute Gasteiger partial charge is 0.508 e. The highest BCUT2D eigenvalue weighted by Gasteiger charge is 2.53. The van der Waals surface area contributed by atoms with Crippen LogP contribution in [0.4, 0.5) is 5.69 Å². The van der Waals surface area contributed by atoms with E-state index >= 15 is 0 Å². The summed E-state index contributed by atoms with van der Waals surface area (Å²) in [6, 6.07) is 16.1. The van der Waals surface area contributed by atoms with E-state index in [0.29, 0.717) is 0 Å². The molecule has 1 aliphatic rings. The molecule has 2 unspecified atom stereocenters. The van der Waals surface area contributed by atoms with Crippen molar-refractivity contribution in [3.8, 4) is 11.8 Å². The highest BCUT2D eigenvalue weighted by Crippen LogP contribution is 2.39. The maximum atomic E-state index is 9.46. The highest BCUT2D eigenvalue weighted by molar-refractivity contribution is 6.62. The van der Waals surface area contributed by atoms with Crippen molar-refractivity contribution in [2.75, 3.05) is 5.32 Å². The minimum atomic E-state index is -0.502. The summed E-state index contributed by atoms with van der Waals surface area (Å²) in [5.74, 6) is 0.179. The van der Waals surface area contributed by atoms with Crippen LogP contribution in [0.15, 0.2) is 48.5 Å². The molecule has 1 heterocycles. The van der Waals surface area contributed by atoms with Crippen molar-refractivity contribution >= 4 is 18.3 Å². The fourth-order valence-electron chi connectivity index (χ4n) is 3.20. The van der Waals surface area contributed by atoms with Gasteiger partial charge in [-0.3, -0.25) is 0 Å². The monoisotopic (exact) mass is 364 g/mol. The lowest BCUT2D eigenvalue weighted by atomic mass is 9.79. The number of anilines is 1. The van der Waals surface area contributed by atoms with Crippen LogP contribution < -0.4 is 10.8 Å². The molecule has 2 aromatic rings. The first kappa shape index (κ1) is 19.3. The average Bonchev–Trinajstić information content (AvgIpc) is 2.91. The van der Waals surface area contributed by atoms with E-state index in [1.54, 1.807) is 24.3 Å². The van der Waals surface area contributed by atoms with Crippen LogP contribution in [0.25, 0.3) is 0 Å². The number of hydrogen-bond acceptors (Lipinski definition) is 5. The van der Waals surface area contributed by atoms with Gasteiger partial charge in [-0.1, -0.05) is 31.2 Å². The zero-order valence-corrected chi connectivity index (χ0v) is 16.2. The average molecular weight is 364 g/mol. The Labute approximate surface area is 161 Å². The van der Waals surface area contributed by atoms with Gasteiger partial charge in [0.2, 0.25) is 0 Å². The van der Waals surface area contributed by atoms with Crippen LogP contribution in [-0.4, -0.2) is 23.4 Å². The third kappa shape index (κ3) is 3.80. The lowest BCUT2D eigenvalue weighted by Crippen LogP contribution is -2.44. The van der Waals surface area contributed by atoms with E-state index in [9.17, 15) is 10.4 Å². The molecule has 2 aromatic carbocycles. The second-order valence-electron chi connectivity index (χ2n) is 7.58. The fourth-order valence-corrected chi connectivity index (χ4v) is 3.20. The van der Waals surface area contributed by atoms with Crippen LogP contribution in [0.5, 0.6) is 5.75 Å². The van der Waals surface area contributed by atoms with E-state index in [0.717, 1.165) is 23.1 Å². The first-order chi connectivity index (χ1) is 12.8. The van der Waals surface area contributed by atoms with Crippen molar-refractivity contribution in [3.05, 3.63) is 54.1 Å². The molecule has 2 atom stereocenters. The van der Waals surface area contributed by atoms with Gasteiger partial charge in [0.05, 0.1) is 17.3 Å². The highest BCUT2D eigenvalue weighted by atomic mass is 16.7. The predicted octanol–water partition coefficient (Wildman–Crippen LogP) is 3.76. The van der Waals surface area contributed by atoms with Gasteiger partial charge in [-0.15, -0.1) is 0 Å². The molecule has 3 rings (SSSR count). The van der Waals surface area contributed by atoms with Crippen molar-refractivity contribution in [3.63, 3.8) is 0 Å². The van der Waals surface area contributed by atoms with Gasteiger partial charge in [-0.2, -0.15) is 5.26 Å². The number of benzene rings is 2. The van der Waals surface area contributed by atoms with Crippen LogP contribution in [0, 0.1) is 11.3 Å². The second-order valence-corrected chi connectivity index (χ2v) is 7.58. The van der Waals surface area contributed by atoms with Gasteiger partial charge >= 0.3 is 7.12 Å². The third-order valence-corrected chi connectivity index (χ3v) is 5.57. The van der Waals surface area contributed by atoms with Crippen LogP contribution in [-0.2, 0) is 9.31 Å². The molecule has 0 saturated carbocycles. The van der Waals surface area contributed by atoms with Crippen LogP contribution >= 0.6 is 0 Å². The zero-order valence-electron chi connectivity index (χ0n) is 16.2. The molecule has 0 aliphatic carbocycles. The summed E-state index contributed by atoms with van der Waals surface area (Å²) in [6.07, 6.45) is 0.868. The number of nitrogens with one attached hydrogen (secondary N) is 1. The lowest BCUT2D eigenvalue weighted by molar-refractivity contribution is -0.0118. The van der Waals surface area contributed by atoms with E-state index in [1.165, 1.54) is 0 Å². The quantitative estimate of drug-likeness (QED) is 0.791. The number of rotatable bonds is 5. The Bertz CT molecular complexity index is 830. The van der Waals surface area contributed by atoms with Gasteiger partial charge in [-0.25, -0.2) is 0 Å². The van der Waals surface area contributed by atoms with Crippen molar-refractivity contribution < 1.29 is 14.4 Å². The molecule has 0 bridgehead atoms. The lowest BCUT2D eigenvalue weighted by Gasteiger charge is -2.35. The molecule has 1 fully saturated rings. The predicted molar refractivity (Wildman–Crippen MR) is 107 cm³/mol. The number of nitriles is 1. The second kappa shape index (κ2) is 7.26. The first-order valence-corrected chi connectivity index (χ1v) is 9.18. The van der Waals surface area contributed by atoms with Crippen molar-refractivity contribution in [1.29, 1.82) is 5.26 Å². The molecule has 0 radical (unpaired) electrons. The van der Waals surface area contributed by atoms with Gasteiger partial charge in [0, 0.05) is 5.69 Å². The molecule has 2 N–H and O–H groups in total. The Morgan fingerprint density at radius 2 is 1.70 bits per heavy atom. The summed E-state index contributed by atoms with van der Waals surface area (Å²) in [5, 5.41) is 22.1. The smallest absolute Gasteiger partial charge is 0.494 e. The Hall–Kier alpha value is -2.49. The minimum absolute atomic E-state index is 0.179. The van der Waals surface area contributed by atoms with Gasteiger partial charge in [-0.05, 0) is 62.5 Å². The molecule has 5 nitrogen and oxygen atoms in total. The summed E-state index contributed by atoms with van der Waals surface area (Å²) in [7, 11) is -0.400. The number of nitrogens with zero attached hydrogens (tertiary/aromatic N) is 1. The van der Waals surface area contributed by atoms with Gasteiger partial charge in [0.1, 0.15) is 11.8 Å². The summed E-state index contributed by atoms with van der Waals surface area (Å²) < 4.78 is 12.3. The van der Waals surface area contributed by atoms with Crippen LogP contribution in [0.1, 0.15) is 45.7 Å². The first-order valence-electron chi connectivity index (χ1n) is 9.18. The van der Waals surface area contributed by atoms with Crippen molar-refractivity contribution in [2.24, 2.45) is 0 Å². The fraction of sp³-hybridized carbons (Fsp3) is 0.381. The Morgan fingerprint density at radius 3 is 2.22 bits per heavy atom. The maximum Gasteiger partial charge on any atom is 0.494 e. The molecule has 0 spiro atoms. The molecule has 140 valence electrons. The van der Waals surface area contributed by atoms with Gasteiger partial charge < -0.3 is 19.7 Å². The van der Waals surface area contributed by atoms with Crippen LogP contribution in [0.3, 0.4) is 0 Å². The molecule has 27 heavy (non-hydrogen) atoms. The maximum absolute atomic E-state index is 9.46. The molecule has 1 saturated heterocycles. The van der Waals surface area contributed by atoms with Crippen molar-refractivity contribution in [1.82, 2.24) is 0 Å². The number of phenolic OH excluding ortho intramolecular Hbond substituents is 1. The van der Waals surface area contributed by atoms with Crippen molar-refractivity contribution in [2.45, 2.75) is 51.4 Å². The number of aromatic hydroxyl groups is 1. The van der Waals surface area contributed by atoms with Gasteiger partial charge in [0.25, 0.3) is 0 Å². The Morgan fingerprint density at radius 1 is 1.07 bits per heavy atom. The normalized spacial score (nSPS) is 22.3. The molecular formula is C21H25BN2O3. The SMILES string of the molecule is CCC1(C)OB(c2ccc(NC(C#N)c3ccc(O)cc3)cc2)OC1(C)C. The molecule has 0 aromatic heterocycles. The Kier molecular flexibility index (Phi) is 5.19. The Balaban J connectivity index is 1.72.